The lowest BCUT2D eigenvalue weighted by molar-refractivity contribution is 0.625. The van der Waals surface area contributed by atoms with Crippen molar-refractivity contribution in [1.29, 1.82) is 0 Å². The Morgan fingerprint density at radius 3 is 2.89 bits per heavy atom. The number of aromatic nitrogens is 2. The molecule has 0 unspecified atom stereocenters. The minimum absolute atomic E-state index is 0.205. The number of nitrogens with zero attached hydrogens (tertiary/aromatic N) is 2. The van der Waals surface area contributed by atoms with Crippen LogP contribution in [0.5, 0.6) is 0 Å². The van der Waals surface area contributed by atoms with E-state index in [9.17, 15) is 4.39 Å². The van der Waals surface area contributed by atoms with Crippen LogP contribution >= 0.6 is 0 Å². The Kier molecular flexibility index (Phi) is 4.25. The molecule has 2 rings (SSSR count). The number of benzene rings is 1. The Morgan fingerprint density at radius 1 is 1.32 bits per heavy atom. The molecule has 0 aliphatic rings. The number of nitrogens with two attached hydrogens (primary N) is 1. The first-order valence-corrected chi connectivity index (χ1v) is 5.97. The third kappa shape index (κ3) is 3.62. The fraction of sp³-hybridized carbons (Fsp3) is 0.231. The number of nitrogens with one attached hydrogen (secondary N) is 2. The van der Waals surface area contributed by atoms with Gasteiger partial charge in [0.15, 0.2) is 0 Å². The molecule has 0 spiro atoms. The van der Waals surface area contributed by atoms with Crippen LogP contribution in [0.1, 0.15) is 11.1 Å². The first-order chi connectivity index (χ1) is 9.19. The lowest BCUT2D eigenvalue weighted by Crippen LogP contribution is -2.12. The van der Waals surface area contributed by atoms with E-state index in [2.05, 4.69) is 20.7 Å². The third-order valence-electron chi connectivity index (χ3n) is 2.79. The molecule has 100 valence electrons. The van der Waals surface area contributed by atoms with E-state index < -0.39 is 0 Å². The van der Waals surface area contributed by atoms with Gasteiger partial charge in [-0.25, -0.2) is 15.2 Å². The van der Waals surface area contributed by atoms with E-state index in [-0.39, 0.29) is 5.82 Å². The molecule has 0 saturated heterocycles. The molecule has 2 aromatic rings. The minimum atomic E-state index is -0.205. The summed E-state index contributed by atoms with van der Waals surface area (Å²) in [6, 6.07) is 6.58. The standard InChI is InChI=1S/C13H16FN5/c1-9-8-11(14)3-2-10(9)4-6-16-12-5-7-17-13(18-12)19-15/h2-3,5,7-8H,4,6,15H2,1H3,(H2,16,17,18,19). The van der Waals surface area contributed by atoms with Gasteiger partial charge < -0.3 is 5.32 Å². The highest BCUT2D eigenvalue weighted by Crippen LogP contribution is 2.11. The molecule has 0 aliphatic carbocycles. The van der Waals surface area contributed by atoms with Crippen molar-refractivity contribution < 1.29 is 4.39 Å². The quantitative estimate of drug-likeness (QED) is 0.566. The Morgan fingerprint density at radius 2 is 2.16 bits per heavy atom. The van der Waals surface area contributed by atoms with Gasteiger partial charge in [-0.2, -0.15) is 4.98 Å². The molecule has 1 heterocycles. The van der Waals surface area contributed by atoms with Gasteiger partial charge in [-0.15, -0.1) is 0 Å². The third-order valence-corrected chi connectivity index (χ3v) is 2.79. The van der Waals surface area contributed by atoms with Crippen molar-refractivity contribution in [3.05, 3.63) is 47.4 Å². The number of anilines is 2. The first kappa shape index (κ1) is 13.2. The molecule has 6 heteroatoms. The molecule has 0 saturated carbocycles. The smallest absolute Gasteiger partial charge is 0.239 e. The van der Waals surface area contributed by atoms with Crippen LogP contribution in [0.4, 0.5) is 16.2 Å². The maximum absolute atomic E-state index is 13.0. The van der Waals surface area contributed by atoms with Gasteiger partial charge in [0.05, 0.1) is 0 Å². The molecular formula is C13H16FN5. The van der Waals surface area contributed by atoms with E-state index in [1.807, 2.05) is 6.92 Å². The summed E-state index contributed by atoms with van der Waals surface area (Å²) >= 11 is 0. The highest BCUT2D eigenvalue weighted by Gasteiger charge is 2.01. The first-order valence-electron chi connectivity index (χ1n) is 5.97. The zero-order chi connectivity index (χ0) is 13.7. The second-order valence-electron chi connectivity index (χ2n) is 4.16. The Bertz CT molecular complexity index is 558. The van der Waals surface area contributed by atoms with E-state index in [1.54, 1.807) is 18.3 Å². The Hall–Kier alpha value is -2.21. The highest BCUT2D eigenvalue weighted by molar-refractivity contribution is 5.39. The van der Waals surface area contributed by atoms with E-state index >= 15 is 0 Å². The number of aryl methyl sites for hydroxylation is 1. The van der Waals surface area contributed by atoms with Crippen LogP contribution < -0.4 is 16.6 Å². The number of halogens is 1. The van der Waals surface area contributed by atoms with Gasteiger partial charge in [0, 0.05) is 12.7 Å². The second kappa shape index (κ2) is 6.10. The van der Waals surface area contributed by atoms with Crippen molar-refractivity contribution in [3.8, 4) is 0 Å². The van der Waals surface area contributed by atoms with Crippen molar-refractivity contribution in [2.75, 3.05) is 17.3 Å². The van der Waals surface area contributed by atoms with Crippen molar-refractivity contribution in [2.24, 2.45) is 5.84 Å². The van der Waals surface area contributed by atoms with Gasteiger partial charge in [-0.05, 0) is 42.7 Å². The summed E-state index contributed by atoms with van der Waals surface area (Å²) in [5.74, 6) is 6.09. The molecule has 19 heavy (non-hydrogen) atoms. The topological polar surface area (TPSA) is 75.9 Å². The largest absolute Gasteiger partial charge is 0.370 e. The minimum Gasteiger partial charge on any atom is -0.370 e. The zero-order valence-electron chi connectivity index (χ0n) is 10.7. The fourth-order valence-corrected chi connectivity index (χ4v) is 1.79. The van der Waals surface area contributed by atoms with Crippen molar-refractivity contribution in [2.45, 2.75) is 13.3 Å². The SMILES string of the molecule is Cc1cc(F)ccc1CCNc1ccnc(NN)n1. The van der Waals surface area contributed by atoms with Gasteiger partial charge in [0.25, 0.3) is 0 Å². The number of hydrogen-bond donors (Lipinski definition) is 3. The number of nitrogen functional groups attached to an aromatic ring is 1. The van der Waals surface area contributed by atoms with Crippen LogP contribution in [-0.4, -0.2) is 16.5 Å². The predicted molar refractivity (Wildman–Crippen MR) is 73.2 cm³/mol. The maximum Gasteiger partial charge on any atom is 0.239 e. The van der Waals surface area contributed by atoms with Crippen LogP contribution in [-0.2, 0) is 6.42 Å². The van der Waals surface area contributed by atoms with Gasteiger partial charge in [-0.3, -0.25) is 5.43 Å². The van der Waals surface area contributed by atoms with Gasteiger partial charge in [0.2, 0.25) is 5.95 Å². The molecule has 0 amide bonds. The van der Waals surface area contributed by atoms with Crippen LogP contribution in [0.25, 0.3) is 0 Å². The van der Waals surface area contributed by atoms with Crippen LogP contribution in [0, 0.1) is 12.7 Å². The van der Waals surface area contributed by atoms with Crippen molar-refractivity contribution >= 4 is 11.8 Å². The Balaban J connectivity index is 1.92. The summed E-state index contributed by atoms with van der Waals surface area (Å²) in [5, 5.41) is 3.17. The lowest BCUT2D eigenvalue weighted by Gasteiger charge is -2.08. The van der Waals surface area contributed by atoms with E-state index in [1.165, 1.54) is 12.1 Å². The fourth-order valence-electron chi connectivity index (χ4n) is 1.79. The van der Waals surface area contributed by atoms with Gasteiger partial charge in [0.1, 0.15) is 11.6 Å². The summed E-state index contributed by atoms with van der Waals surface area (Å²) in [5.41, 5.74) is 4.45. The summed E-state index contributed by atoms with van der Waals surface area (Å²) in [7, 11) is 0. The summed E-state index contributed by atoms with van der Waals surface area (Å²) in [6.07, 6.45) is 2.41. The highest BCUT2D eigenvalue weighted by atomic mass is 19.1. The van der Waals surface area contributed by atoms with Gasteiger partial charge >= 0.3 is 0 Å². The molecule has 0 aliphatic heterocycles. The zero-order valence-corrected chi connectivity index (χ0v) is 10.7. The lowest BCUT2D eigenvalue weighted by atomic mass is 10.1. The maximum atomic E-state index is 13.0. The van der Waals surface area contributed by atoms with Crippen molar-refractivity contribution in [1.82, 2.24) is 9.97 Å². The Labute approximate surface area is 111 Å². The second-order valence-corrected chi connectivity index (χ2v) is 4.16. The summed E-state index contributed by atoms with van der Waals surface area (Å²) in [6.45, 7) is 2.60. The molecule has 5 nitrogen and oxygen atoms in total. The number of hydrogen-bond acceptors (Lipinski definition) is 5. The van der Waals surface area contributed by atoms with Gasteiger partial charge in [-0.1, -0.05) is 6.07 Å². The average molecular weight is 261 g/mol. The molecule has 0 bridgehead atoms. The molecule has 1 aromatic heterocycles. The van der Waals surface area contributed by atoms with E-state index in [0.29, 0.717) is 18.3 Å². The van der Waals surface area contributed by atoms with Crippen LogP contribution in [0.2, 0.25) is 0 Å². The molecule has 0 fully saturated rings. The number of rotatable bonds is 5. The van der Waals surface area contributed by atoms with E-state index in [0.717, 1.165) is 17.5 Å². The molecule has 1 aromatic carbocycles. The normalized spacial score (nSPS) is 10.3. The van der Waals surface area contributed by atoms with Crippen LogP contribution in [0.15, 0.2) is 30.5 Å². The monoisotopic (exact) mass is 261 g/mol. The van der Waals surface area contributed by atoms with Crippen LogP contribution in [0.3, 0.4) is 0 Å². The predicted octanol–water partition coefficient (Wildman–Crippen LogP) is 1.86. The van der Waals surface area contributed by atoms with E-state index in [4.69, 9.17) is 5.84 Å². The molecular weight excluding hydrogens is 245 g/mol. The van der Waals surface area contributed by atoms with Crippen molar-refractivity contribution in [3.63, 3.8) is 0 Å². The molecule has 4 N–H and O–H groups in total. The molecule has 0 atom stereocenters. The number of hydrazine groups is 1. The summed E-state index contributed by atoms with van der Waals surface area (Å²) in [4.78, 5) is 8.06. The summed E-state index contributed by atoms with van der Waals surface area (Å²) < 4.78 is 13.0. The molecule has 0 radical (unpaired) electrons. The average Bonchev–Trinajstić information content (AvgIpc) is 2.41.